The van der Waals surface area contributed by atoms with E-state index in [0.29, 0.717) is 25.1 Å². The second kappa shape index (κ2) is 8.06. The second-order valence-corrected chi connectivity index (χ2v) is 3.90. The molecule has 4 nitrogen and oxygen atoms in total. The number of aliphatic hydroxyl groups is 1. The summed E-state index contributed by atoms with van der Waals surface area (Å²) >= 11 is 0. The van der Waals surface area contributed by atoms with Gasteiger partial charge in [-0.05, 0) is 24.3 Å². The van der Waals surface area contributed by atoms with E-state index in [9.17, 15) is 4.79 Å². The highest BCUT2D eigenvalue weighted by Crippen LogP contribution is 2.10. The van der Waals surface area contributed by atoms with Crippen LogP contribution in [0.1, 0.15) is 16.8 Å². The van der Waals surface area contributed by atoms with Crippen LogP contribution in [0.4, 0.5) is 0 Å². The maximum atomic E-state index is 11.7. The smallest absolute Gasteiger partial charge is 0.168 e. The van der Waals surface area contributed by atoms with Crippen LogP contribution < -0.4 is 17.3 Å². The summed E-state index contributed by atoms with van der Waals surface area (Å²) in [6.45, 7) is 1.50. The number of aliphatic hydroxyl groups excluding tert-OH is 1. The molecule has 1 aromatic carbocycles. The Morgan fingerprint density at radius 3 is 2.35 bits per heavy atom. The van der Waals surface area contributed by atoms with Gasteiger partial charge in [-0.2, -0.15) is 0 Å². The van der Waals surface area contributed by atoms with Crippen LogP contribution in [-0.4, -0.2) is 42.7 Å². The lowest BCUT2D eigenvalue weighted by molar-refractivity contribution is -0.879. The molecule has 0 radical (unpaired) electrons. The van der Waals surface area contributed by atoms with Gasteiger partial charge in [-0.1, -0.05) is 0 Å². The molecule has 0 saturated carbocycles. The number of rotatable bonds is 6. The van der Waals surface area contributed by atoms with Gasteiger partial charge in [0, 0.05) is 5.56 Å². The predicted molar refractivity (Wildman–Crippen MR) is 60.8 cm³/mol. The molecule has 1 unspecified atom stereocenters. The van der Waals surface area contributed by atoms with Crippen LogP contribution >= 0.6 is 0 Å². The Hall–Kier alpha value is -1.10. The van der Waals surface area contributed by atoms with Crippen molar-refractivity contribution in [1.82, 2.24) is 0 Å². The predicted octanol–water partition coefficient (Wildman–Crippen LogP) is -3.52. The van der Waals surface area contributed by atoms with Crippen molar-refractivity contribution in [3.63, 3.8) is 0 Å². The molecule has 0 aromatic heterocycles. The van der Waals surface area contributed by atoms with E-state index in [2.05, 4.69) is 0 Å². The highest BCUT2D eigenvalue weighted by Gasteiger charge is 2.09. The van der Waals surface area contributed by atoms with Crippen LogP contribution in [0, 0.1) is 0 Å². The highest BCUT2D eigenvalue weighted by molar-refractivity contribution is 5.96. The Bertz CT molecular complexity index is 340. The number of phenols is 1. The van der Waals surface area contributed by atoms with E-state index >= 15 is 0 Å². The zero-order chi connectivity index (χ0) is 12.0. The average Bonchev–Trinajstić information content (AvgIpc) is 2.27. The van der Waals surface area contributed by atoms with E-state index in [-0.39, 0.29) is 30.5 Å². The van der Waals surface area contributed by atoms with Crippen molar-refractivity contribution in [2.24, 2.45) is 0 Å². The molecule has 0 saturated heterocycles. The second-order valence-electron chi connectivity index (χ2n) is 3.90. The highest BCUT2D eigenvalue weighted by atomic mass is 35.5. The third kappa shape index (κ3) is 5.68. The van der Waals surface area contributed by atoms with Crippen molar-refractivity contribution >= 4 is 5.78 Å². The van der Waals surface area contributed by atoms with Crippen LogP contribution in [0.2, 0.25) is 0 Å². The number of halogens is 1. The number of aromatic hydroxyl groups is 1. The lowest BCUT2D eigenvalue weighted by Gasteiger charge is -2.11. The Morgan fingerprint density at radius 2 is 1.82 bits per heavy atom. The molecule has 96 valence electrons. The number of carbonyl (C=O) groups is 1. The Morgan fingerprint density at radius 1 is 1.24 bits per heavy atom. The quantitative estimate of drug-likeness (QED) is 0.464. The van der Waals surface area contributed by atoms with E-state index in [1.165, 1.54) is 12.1 Å². The van der Waals surface area contributed by atoms with Gasteiger partial charge in [-0.15, -0.1) is 0 Å². The SMILES string of the molecule is C[NH+](CCO)CCC(=O)c1ccc(O)cc1.[Cl-]. The monoisotopic (exact) mass is 259 g/mol. The summed E-state index contributed by atoms with van der Waals surface area (Å²) in [5.41, 5.74) is 0.620. The van der Waals surface area contributed by atoms with Gasteiger partial charge in [0.25, 0.3) is 0 Å². The van der Waals surface area contributed by atoms with Gasteiger partial charge in [-0.25, -0.2) is 0 Å². The van der Waals surface area contributed by atoms with Crippen molar-refractivity contribution in [2.45, 2.75) is 6.42 Å². The van der Waals surface area contributed by atoms with Crippen molar-refractivity contribution in [2.75, 3.05) is 26.7 Å². The number of likely N-dealkylation sites (N-methyl/N-ethyl adjacent to an activating group) is 1. The molecular weight excluding hydrogens is 242 g/mol. The summed E-state index contributed by atoms with van der Waals surface area (Å²) in [4.78, 5) is 12.8. The summed E-state index contributed by atoms with van der Waals surface area (Å²) in [6, 6.07) is 6.27. The van der Waals surface area contributed by atoms with Crippen LogP contribution in [0.5, 0.6) is 5.75 Å². The fourth-order valence-corrected chi connectivity index (χ4v) is 1.43. The van der Waals surface area contributed by atoms with Crippen LogP contribution in [0.25, 0.3) is 0 Å². The summed E-state index contributed by atoms with van der Waals surface area (Å²) in [6.07, 6.45) is 0.455. The van der Waals surface area contributed by atoms with E-state index in [4.69, 9.17) is 10.2 Å². The van der Waals surface area contributed by atoms with Crippen molar-refractivity contribution in [3.05, 3.63) is 29.8 Å². The molecule has 0 aliphatic carbocycles. The summed E-state index contributed by atoms with van der Waals surface area (Å²) < 4.78 is 0. The number of hydrogen-bond donors (Lipinski definition) is 3. The fourth-order valence-electron chi connectivity index (χ4n) is 1.43. The first-order valence-electron chi connectivity index (χ1n) is 5.38. The topological polar surface area (TPSA) is 62.0 Å². The van der Waals surface area contributed by atoms with Gasteiger partial charge < -0.3 is 27.5 Å². The first-order chi connectivity index (χ1) is 7.63. The molecule has 0 heterocycles. The molecule has 3 N–H and O–H groups in total. The van der Waals surface area contributed by atoms with Crippen LogP contribution in [0.3, 0.4) is 0 Å². The lowest BCUT2D eigenvalue weighted by Crippen LogP contribution is -3.09. The molecule has 1 atom stereocenters. The minimum Gasteiger partial charge on any atom is -1.00 e. The van der Waals surface area contributed by atoms with Gasteiger partial charge in [-0.3, -0.25) is 4.79 Å². The average molecular weight is 260 g/mol. The molecule has 0 bridgehead atoms. The van der Waals surface area contributed by atoms with Gasteiger partial charge in [0.1, 0.15) is 12.3 Å². The van der Waals surface area contributed by atoms with E-state index in [1.807, 2.05) is 7.05 Å². The minimum atomic E-state index is 0. The third-order valence-corrected chi connectivity index (χ3v) is 2.51. The maximum Gasteiger partial charge on any atom is 0.168 e. The largest absolute Gasteiger partial charge is 1.00 e. The van der Waals surface area contributed by atoms with Crippen molar-refractivity contribution in [3.8, 4) is 5.75 Å². The third-order valence-electron chi connectivity index (χ3n) is 2.51. The first-order valence-corrected chi connectivity index (χ1v) is 5.38. The van der Waals surface area contributed by atoms with Crippen LogP contribution in [-0.2, 0) is 0 Å². The number of hydrogen-bond acceptors (Lipinski definition) is 3. The fraction of sp³-hybridized carbons (Fsp3) is 0.417. The first kappa shape index (κ1) is 15.9. The van der Waals surface area contributed by atoms with Crippen molar-refractivity contribution in [1.29, 1.82) is 0 Å². The van der Waals surface area contributed by atoms with Crippen LogP contribution in [0.15, 0.2) is 24.3 Å². The molecule has 1 aromatic rings. The Kier molecular flexibility index (Phi) is 7.54. The molecule has 1 rings (SSSR count). The molecule has 17 heavy (non-hydrogen) atoms. The normalized spacial score (nSPS) is 11.6. The molecule has 5 heteroatoms. The van der Waals surface area contributed by atoms with E-state index < -0.39 is 0 Å². The molecule has 0 fully saturated rings. The molecule has 0 spiro atoms. The van der Waals surface area contributed by atoms with Gasteiger partial charge >= 0.3 is 0 Å². The van der Waals surface area contributed by atoms with E-state index in [0.717, 1.165) is 4.90 Å². The molecule has 0 amide bonds. The molecule has 0 aliphatic heterocycles. The van der Waals surface area contributed by atoms with Gasteiger partial charge in [0.05, 0.1) is 26.6 Å². The maximum absolute atomic E-state index is 11.7. The Labute approximate surface area is 107 Å². The number of Topliss-reactive ketones (excluding diaryl/α,β-unsaturated/α-hetero) is 1. The van der Waals surface area contributed by atoms with Gasteiger partial charge in [0.2, 0.25) is 0 Å². The number of quaternary nitrogens is 1. The number of ketones is 1. The zero-order valence-electron chi connectivity index (χ0n) is 9.82. The molecule has 0 aliphatic rings. The number of phenolic OH excluding ortho intramolecular Hbond substituents is 1. The standard InChI is InChI=1S/C12H17NO3.ClH/c1-13(8-9-14)7-6-12(16)10-2-4-11(15)5-3-10;/h2-5,14-15H,6-9H2,1H3;1H. The Balaban J connectivity index is 0.00000256. The summed E-state index contributed by atoms with van der Waals surface area (Å²) in [7, 11) is 1.94. The lowest BCUT2D eigenvalue weighted by atomic mass is 10.1. The number of carbonyl (C=O) groups excluding carboxylic acids is 1. The minimum absolute atomic E-state index is 0. The van der Waals surface area contributed by atoms with Gasteiger partial charge in [0.15, 0.2) is 5.78 Å². The summed E-state index contributed by atoms with van der Waals surface area (Å²) in [5, 5.41) is 17.8. The van der Waals surface area contributed by atoms with E-state index in [1.54, 1.807) is 12.1 Å². The number of nitrogens with one attached hydrogen (secondary N) is 1. The zero-order valence-corrected chi connectivity index (χ0v) is 10.6. The molecular formula is C12H18ClNO3. The number of benzene rings is 1. The summed E-state index contributed by atoms with van der Waals surface area (Å²) in [5.74, 6) is 0.233. The van der Waals surface area contributed by atoms with Crippen molar-refractivity contribution < 1.29 is 32.3 Å².